The molecule has 0 amide bonds. The second-order valence-electron chi connectivity index (χ2n) is 4.13. The minimum absolute atomic E-state index is 0. The van der Waals surface area contributed by atoms with Crippen molar-refractivity contribution in [1.29, 1.82) is 0 Å². The molecule has 102 valence electrons. The summed E-state index contributed by atoms with van der Waals surface area (Å²) >= 11 is 0. The minimum atomic E-state index is -4.74. The van der Waals surface area contributed by atoms with Gasteiger partial charge in [0.25, 0.3) is 0 Å². The lowest BCUT2D eigenvalue weighted by molar-refractivity contribution is -0.274. The molecule has 1 fully saturated rings. The lowest BCUT2D eigenvalue weighted by atomic mass is 10.0. The Bertz CT molecular complexity index is 421. The second kappa shape index (κ2) is 5.24. The van der Waals surface area contributed by atoms with Crippen molar-refractivity contribution in [1.82, 2.24) is 0 Å². The first-order valence-electron chi connectivity index (χ1n) is 5.21. The van der Waals surface area contributed by atoms with Crippen LogP contribution in [0.1, 0.15) is 24.4 Å². The summed E-state index contributed by atoms with van der Waals surface area (Å²) in [6.07, 6.45) is -2.87. The Morgan fingerprint density at radius 2 is 1.94 bits per heavy atom. The molecule has 0 heterocycles. The van der Waals surface area contributed by atoms with E-state index in [1.54, 1.807) is 0 Å². The summed E-state index contributed by atoms with van der Waals surface area (Å²) in [6.45, 7) is 0. The molecule has 0 unspecified atom stereocenters. The lowest BCUT2D eigenvalue weighted by Gasteiger charge is -2.15. The van der Waals surface area contributed by atoms with E-state index in [4.69, 9.17) is 5.73 Å². The molecule has 1 atom stereocenters. The molecule has 3 N–H and O–H groups in total. The van der Waals surface area contributed by atoms with Crippen LogP contribution in [-0.2, 0) is 0 Å². The number of hydrogen-bond donors (Lipinski definition) is 2. The van der Waals surface area contributed by atoms with Crippen molar-refractivity contribution in [3.63, 3.8) is 0 Å². The van der Waals surface area contributed by atoms with Crippen molar-refractivity contribution in [2.45, 2.75) is 25.2 Å². The first-order chi connectivity index (χ1) is 7.87. The molecule has 1 aliphatic carbocycles. The molecule has 3 nitrogen and oxygen atoms in total. The monoisotopic (exact) mass is 283 g/mol. The van der Waals surface area contributed by atoms with Gasteiger partial charge in [0.1, 0.15) is 11.5 Å². The average Bonchev–Trinajstić information content (AvgIpc) is 3.01. The summed E-state index contributed by atoms with van der Waals surface area (Å²) in [4.78, 5) is 0. The van der Waals surface area contributed by atoms with Crippen molar-refractivity contribution in [3.8, 4) is 11.5 Å². The number of phenols is 1. The van der Waals surface area contributed by atoms with Gasteiger partial charge in [-0.3, -0.25) is 0 Å². The molecule has 1 aliphatic rings. The first kappa shape index (κ1) is 14.9. The fourth-order valence-corrected chi connectivity index (χ4v) is 1.71. The van der Waals surface area contributed by atoms with Crippen LogP contribution in [0.3, 0.4) is 0 Å². The molecule has 1 aromatic rings. The van der Waals surface area contributed by atoms with Crippen LogP contribution >= 0.6 is 12.4 Å². The van der Waals surface area contributed by atoms with Crippen LogP contribution in [0, 0.1) is 5.92 Å². The lowest BCUT2D eigenvalue weighted by Crippen LogP contribution is -2.18. The quantitative estimate of drug-likeness (QED) is 0.896. The van der Waals surface area contributed by atoms with Gasteiger partial charge in [0, 0.05) is 11.6 Å². The molecule has 0 saturated heterocycles. The first-order valence-corrected chi connectivity index (χ1v) is 5.21. The minimum Gasteiger partial charge on any atom is -0.508 e. The Hall–Kier alpha value is -1.14. The van der Waals surface area contributed by atoms with Crippen molar-refractivity contribution >= 4 is 12.4 Å². The molecule has 0 radical (unpaired) electrons. The molecular weight excluding hydrogens is 271 g/mol. The highest BCUT2D eigenvalue weighted by atomic mass is 35.5. The number of alkyl halides is 3. The number of rotatable bonds is 3. The van der Waals surface area contributed by atoms with Crippen molar-refractivity contribution < 1.29 is 23.0 Å². The summed E-state index contributed by atoms with van der Waals surface area (Å²) < 4.78 is 39.9. The maximum atomic E-state index is 12.0. The largest absolute Gasteiger partial charge is 0.573 e. The van der Waals surface area contributed by atoms with E-state index in [1.807, 2.05) is 0 Å². The molecule has 1 aromatic carbocycles. The van der Waals surface area contributed by atoms with Gasteiger partial charge in [-0.25, -0.2) is 0 Å². The fourth-order valence-electron chi connectivity index (χ4n) is 1.71. The highest BCUT2D eigenvalue weighted by Gasteiger charge is 2.33. The highest BCUT2D eigenvalue weighted by molar-refractivity contribution is 5.85. The normalized spacial score (nSPS) is 16.9. The summed E-state index contributed by atoms with van der Waals surface area (Å²) in [5.74, 6) is -0.220. The summed E-state index contributed by atoms with van der Waals surface area (Å²) in [5.41, 5.74) is 6.14. The number of phenolic OH excluding ortho intramolecular Hbond substituents is 1. The van der Waals surface area contributed by atoms with E-state index >= 15 is 0 Å². The van der Waals surface area contributed by atoms with Gasteiger partial charge in [0.2, 0.25) is 0 Å². The molecule has 0 aromatic heterocycles. The molecule has 18 heavy (non-hydrogen) atoms. The highest BCUT2D eigenvalue weighted by Crippen LogP contribution is 2.43. The molecule has 0 spiro atoms. The van der Waals surface area contributed by atoms with Crippen LogP contribution in [0.5, 0.6) is 11.5 Å². The molecule has 2 rings (SSSR count). The number of halogens is 4. The van der Waals surface area contributed by atoms with Gasteiger partial charge in [0.15, 0.2) is 0 Å². The molecular formula is C11H13ClF3NO2. The molecule has 1 saturated carbocycles. The average molecular weight is 284 g/mol. The number of ether oxygens (including phenoxy) is 1. The third-order valence-corrected chi connectivity index (χ3v) is 2.72. The summed E-state index contributed by atoms with van der Waals surface area (Å²) in [6, 6.07) is 2.93. The third kappa shape index (κ3) is 3.68. The van der Waals surface area contributed by atoms with Gasteiger partial charge in [-0.2, -0.15) is 0 Å². The van der Waals surface area contributed by atoms with Crippen molar-refractivity contribution in [2.75, 3.05) is 0 Å². The van der Waals surface area contributed by atoms with Gasteiger partial charge in [-0.05, 0) is 37.0 Å². The van der Waals surface area contributed by atoms with Gasteiger partial charge in [-0.1, -0.05) is 0 Å². The Labute approximate surface area is 108 Å². The van der Waals surface area contributed by atoms with Gasteiger partial charge in [0.05, 0.1) is 0 Å². The van der Waals surface area contributed by atoms with Gasteiger partial charge in [-0.15, -0.1) is 25.6 Å². The van der Waals surface area contributed by atoms with E-state index < -0.39 is 12.4 Å². The predicted octanol–water partition coefficient (Wildman–Crippen LogP) is 3.12. The standard InChI is InChI=1S/C11H12F3NO2.ClH/c12-11(13,14)17-7-3-4-9(16)8(5-7)10(15)6-1-2-6;/h3-6,10,16H,1-2,15H2;1H/t10-;/m0./s1. The summed E-state index contributed by atoms with van der Waals surface area (Å²) in [5, 5.41) is 9.56. The van der Waals surface area contributed by atoms with Crippen LogP contribution < -0.4 is 10.5 Å². The number of aromatic hydroxyl groups is 1. The van der Waals surface area contributed by atoms with E-state index in [0.29, 0.717) is 5.56 Å². The van der Waals surface area contributed by atoms with E-state index in [1.165, 1.54) is 6.07 Å². The Morgan fingerprint density at radius 1 is 1.33 bits per heavy atom. The topological polar surface area (TPSA) is 55.5 Å². The fraction of sp³-hybridized carbons (Fsp3) is 0.455. The predicted molar refractivity (Wildman–Crippen MR) is 61.7 cm³/mol. The smallest absolute Gasteiger partial charge is 0.508 e. The number of nitrogens with two attached hydrogens (primary N) is 1. The Balaban J connectivity index is 0.00000162. The maximum Gasteiger partial charge on any atom is 0.573 e. The van der Waals surface area contributed by atoms with Crippen molar-refractivity contribution in [3.05, 3.63) is 23.8 Å². The molecule has 7 heteroatoms. The van der Waals surface area contributed by atoms with Gasteiger partial charge < -0.3 is 15.6 Å². The van der Waals surface area contributed by atoms with E-state index in [9.17, 15) is 18.3 Å². The van der Waals surface area contributed by atoms with Gasteiger partial charge >= 0.3 is 6.36 Å². The van der Waals surface area contributed by atoms with Crippen LogP contribution in [0.4, 0.5) is 13.2 Å². The zero-order valence-corrected chi connectivity index (χ0v) is 10.1. The zero-order valence-electron chi connectivity index (χ0n) is 9.28. The Kier molecular flexibility index (Phi) is 4.34. The van der Waals surface area contributed by atoms with Crippen LogP contribution in [0.2, 0.25) is 0 Å². The van der Waals surface area contributed by atoms with Crippen LogP contribution in [0.25, 0.3) is 0 Å². The van der Waals surface area contributed by atoms with Crippen molar-refractivity contribution in [2.24, 2.45) is 11.7 Å². The second-order valence-corrected chi connectivity index (χ2v) is 4.13. The third-order valence-electron chi connectivity index (χ3n) is 2.72. The van der Waals surface area contributed by atoms with E-state index in [-0.39, 0.29) is 29.8 Å². The Morgan fingerprint density at radius 3 is 2.44 bits per heavy atom. The number of hydrogen-bond acceptors (Lipinski definition) is 3. The summed E-state index contributed by atoms with van der Waals surface area (Å²) in [7, 11) is 0. The van der Waals surface area contributed by atoms with Crippen LogP contribution in [-0.4, -0.2) is 11.5 Å². The molecule has 0 bridgehead atoms. The van der Waals surface area contributed by atoms with Crippen LogP contribution in [0.15, 0.2) is 18.2 Å². The zero-order chi connectivity index (χ0) is 12.6. The van der Waals surface area contributed by atoms with E-state index in [0.717, 1.165) is 25.0 Å². The van der Waals surface area contributed by atoms with E-state index in [2.05, 4.69) is 4.74 Å². The SMILES string of the molecule is Cl.N[C@H](c1cc(OC(F)(F)F)ccc1O)C1CC1. The molecule has 0 aliphatic heterocycles. The number of benzene rings is 1. The maximum absolute atomic E-state index is 12.0.